The molecule has 21 heavy (non-hydrogen) atoms. The fourth-order valence-corrected chi connectivity index (χ4v) is 3.65. The molecule has 0 atom stereocenters. The van der Waals surface area contributed by atoms with Crippen LogP contribution in [-0.4, -0.2) is 21.5 Å². The maximum absolute atomic E-state index is 4.75. The minimum absolute atomic E-state index is 0.387. The Balaban J connectivity index is 2.33. The van der Waals surface area contributed by atoms with E-state index >= 15 is 0 Å². The summed E-state index contributed by atoms with van der Waals surface area (Å²) < 4.78 is 1.13. The first-order chi connectivity index (χ1) is 10.0. The second kappa shape index (κ2) is 7.49. The molecule has 0 spiro atoms. The second-order valence-electron chi connectivity index (χ2n) is 5.30. The van der Waals surface area contributed by atoms with Crippen LogP contribution in [0.25, 0.3) is 0 Å². The lowest BCUT2D eigenvalue weighted by atomic mass is 10.1. The molecule has 0 aliphatic rings. The van der Waals surface area contributed by atoms with Gasteiger partial charge in [-0.2, -0.15) is 0 Å². The number of rotatable bonds is 6. The minimum atomic E-state index is 0.387. The highest BCUT2D eigenvalue weighted by Gasteiger charge is 2.15. The summed E-state index contributed by atoms with van der Waals surface area (Å²) in [5.74, 6) is 2.19. The van der Waals surface area contributed by atoms with Gasteiger partial charge in [0.15, 0.2) is 0 Å². The van der Waals surface area contributed by atoms with Gasteiger partial charge in [0.05, 0.1) is 26.4 Å². The highest BCUT2D eigenvalue weighted by atomic mass is 127. The normalized spacial score (nSPS) is 11.1. The van der Waals surface area contributed by atoms with Gasteiger partial charge in [-0.3, -0.25) is 0 Å². The number of nitrogens with one attached hydrogen (secondary N) is 1. The van der Waals surface area contributed by atoms with Crippen molar-refractivity contribution in [3.8, 4) is 0 Å². The summed E-state index contributed by atoms with van der Waals surface area (Å²) in [6, 6.07) is 0. The van der Waals surface area contributed by atoms with E-state index in [4.69, 9.17) is 9.97 Å². The van der Waals surface area contributed by atoms with E-state index in [-0.39, 0.29) is 0 Å². The number of anilines is 1. The number of aromatic nitrogens is 3. The Morgan fingerprint density at radius 1 is 1.29 bits per heavy atom. The number of aryl methyl sites for hydroxylation is 1. The lowest BCUT2D eigenvalue weighted by molar-refractivity contribution is 0.779. The van der Waals surface area contributed by atoms with Gasteiger partial charge in [-0.1, -0.05) is 20.8 Å². The molecule has 114 valence electrons. The van der Waals surface area contributed by atoms with E-state index in [0.717, 1.165) is 44.6 Å². The van der Waals surface area contributed by atoms with E-state index in [9.17, 15) is 0 Å². The van der Waals surface area contributed by atoms with Gasteiger partial charge in [0.25, 0.3) is 0 Å². The SMILES string of the molecule is CCCNc1nc(Cc2csc(C)n2)nc(C(C)C)c1I. The monoisotopic (exact) mass is 416 g/mol. The number of halogens is 1. The van der Waals surface area contributed by atoms with Gasteiger partial charge in [-0.05, 0) is 41.9 Å². The summed E-state index contributed by atoms with van der Waals surface area (Å²) in [6.07, 6.45) is 1.78. The molecule has 2 aromatic heterocycles. The lowest BCUT2D eigenvalue weighted by Gasteiger charge is -2.14. The fraction of sp³-hybridized carbons (Fsp3) is 0.533. The van der Waals surface area contributed by atoms with Gasteiger partial charge in [-0.25, -0.2) is 15.0 Å². The molecule has 0 aliphatic heterocycles. The summed E-state index contributed by atoms with van der Waals surface area (Å²) in [5, 5.41) is 6.59. The predicted molar refractivity (Wildman–Crippen MR) is 97.3 cm³/mol. The number of hydrogen-bond acceptors (Lipinski definition) is 5. The Bertz CT molecular complexity index is 610. The first-order valence-electron chi connectivity index (χ1n) is 7.22. The molecule has 0 saturated carbocycles. The number of nitrogens with zero attached hydrogens (tertiary/aromatic N) is 3. The van der Waals surface area contributed by atoms with Crippen molar-refractivity contribution in [1.82, 2.24) is 15.0 Å². The van der Waals surface area contributed by atoms with Gasteiger partial charge in [0.2, 0.25) is 0 Å². The van der Waals surface area contributed by atoms with E-state index < -0.39 is 0 Å². The van der Waals surface area contributed by atoms with Crippen molar-refractivity contribution in [2.24, 2.45) is 0 Å². The van der Waals surface area contributed by atoms with Crippen LogP contribution >= 0.6 is 33.9 Å². The first-order valence-corrected chi connectivity index (χ1v) is 9.18. The van der Waals surface area contributed by atoms with Crippen molar-refractivity contribution >= 4 is 39.7 Å². The minimum Gasteiger partial charge on any atom is -0.369 e. The molecule has 0 unspecified atom stereocenters. The molecule has 0 aliphatic carbocycles. The van der Waals surface area contributed by atoms with Crippen molar-refractivity contribution in [3.05, 3.63) is 31.2 Å². The van der Waals surface area contributed by atoms with Crippen LogP contribution in [0.1, 0.15) is 55.3 Å². The van der Waals surface area contributed by atoms with Crippen molar-refractivity contribution in [1.29, 1.82) is 0 Å². The smallest absolute Gasteiger partial charge is 0.143 e. The molecule has 4 nitrogen and oxygen atoms in total. The third-order valence-corrected chi connectivity index (χ3v) is 4.90. The molecule has 0 aromatic carbocycles. The second-order valence-corrected chi connectivity index (χ2v) is 7.44. The molecule has 0 amide bonds. The molecule has 0 saturated heterocycles. The third kappa shape index (κ3) is 4.35. The van der Waals surface area contributed by atoms with E-state index in [1.807, 2.05) is 6.92 Å². The van der Waals surface area contributed by atoms with Crippen LogP contribution in [0.15, 0.2) is 5.38 Å². The quantitative estimate of drug-likeness (QED) is 0.710. The van der Waals surface area contributed by atoms with Crippen molar-refractivity contribution in [2.75, 3.05) is 11.9 Å². The largest absolute Gasteiger partial charge is 0.369 e. The molecule has 1 N–H and O–H groups in total. The van der Waals surface area contributed by atoms with Gasteiger partial charge >= 0.3 is 0 Å². The van der Waals surface area contributed by atoms with Crippen LogP contribution in [0.2, 0.25) is 0 Å². The van der Waals surface area contributed by atoms with E-state index in [0.29, 0.717) is 12.3 Å². The third-order valence-electron chi connectivity index (χ3n) is 3.02. The van der Waals surface area contributed by atoms with Crippen LogP contribution < -0.4 is 5.32 Å². The Labute approximate surface area is 144 Å². The molecule has 0 radical (unpaired) electrons. The van der Waals surface area contributed by atoms with Crippen molar-refractivity contribution < 1.29 is 0 Å². The average molecular weight is 416 g/mol. The molecule has 0 bridgehead atoms. The van der Waals surface area contributed by atoms with Crippen molar-refractivity contribution in [3.63, 3.8) is 0 Å². The summed E-state index contributed by atoms with van der Waals surface area (Å²) in [7, 11) is 0. The lowest BCUT2D eigenvalue weighted by Crippen LogP contribution is -2.12. The van der Waals surface area contributed by atoms with Crippen LogP contribution in [0, 0.1) is 10.5 Å². The Hall–Kier alpha value is -0.760. The van der Waals surface area contributed by atoms with E-state index in [2.05, 4.69) is 59.0 Å². The molecule has 2 aromatic rings. The highest BCUT2D eigenvalue weighted by Crippen LogP contribution is 2.26. The van der Waals surface area contributed by atoms with E-state index in [1.165, 1.54) is 0 Å². The van der Waals surface area contributed by atoms with Crippen LogP contribution in [-0.2, 0) is 6.42 Å². The van der Waals surface area contributed by atoms with Gasteiger partial charge in [0, 0.05) is 11.9 Å². The molecule has 6 heteroatoms. The van der Waals surface area contributed by atoms with E-state index in [1.54, 1.807) is 11.3 Å². The van der Waals surface area contributed by atoms with Crippen molar-refractivity contribution in [2.45, 2.75) is 46.5 Å². The summed E-state index contributed by atoms with van der Waals surface area (Å²) in [4.78, 5) is 14.0. The molecule has 2 heterocycles. The van der Waals surface area contributed by atoms with Gasteiger partial charge in [0.1, 0.15) is 11.6 Å². The average Bonchev–Trinajstić information content (AvgIpc) is 2.84. The fourth-order valence-electron chi connectivity index (χ4n) is 1.99. The number of hydrogen-bond donors (Lipinski definition) is 1. The zero-order valence-corrected chi connectivity index (χ0v) is 15.9. The van der Waals surface area contributed by atoms with Crippen LogP contribution in [0.3, 0.4) is 0 Å². The standard InChI is InChI=1S/C15H21IN4S/c1-5-6-17-15-13(16)14(9(2)3)19-12(20-15)7-11-8-21-10(4)18-11/h8-9H,5-7H2,1-4H3,(H,17,19,20). The summed E-state index contributed by atoms with van der Waals surface area (Å²) in [5.41, 5.74) is 2.17. The zero-order valence-electron chi connectivity index (χ0n) is 12.9. The van der Waals surface area contributed by atoms with Gasteiger partial charge < -0.3 is 5.32 Å². The Morgan fingerprint density at radius 3 is 2.62 bits per heavy atom. The summed E-state index contributed by atoms with van der Waals surface area (Å²) >= 11 is 4.02. The maximum Gasteiger partial charge on any atom is 0.143 e. The summed E-state index contributed by atoms with van der Waals surface area (Å²) in [6.45, 7) is 9.45. The maximum atomic E-state index is 4.75. The topological polar surface area (TPSA) is 50.7 Å². The number of thiazole rings is 1. The Kier molecular flexibility index (Phi) is 5.92. The van der Waals surface area contributed by atoms with Crippen LogP contribution in [0.4, 0.5) is 5.82 Å². The highest BCUT2D eigenvalue weighted by molar-refractivity contribution is 14.1. The molecular formula is C15H21IN4S. The molecule has 2 rings (SSSR count). The Morgan fingerprint density at radius 2 is 2.05 bits per heavy atom. The van der Waals surface area contributed by atoms with Crippen LogP contribution in [0.5, 0.6) is 0 Å². The first kappa shape index (κ1) is 16.6. The van der Waals surface area contributed by atoms with Gasteiger partial charge in [-0.15, -0.1) is 11.3 Å². The molecule has 0 fully saturated rings. The predicted octanol–water partition coefficient (Wildman–Crippen LogP) is 4.38. The zero-order chi connectivity index (χ0) is 15.4. The molecular weight excluding hydrogens is 395 g/mol.